The van der Waals surface area contributed by atoms with Crippen LogP contribution in [-0.4, -0.2) is 27.7 Å². The van der Waals surface area contributed by atoms with E-state index in [1.165, 1.54) is 0 Å². The van der Waals surface area contributed by atoms with Crippen LogP contribution < -0.4 is 0 Å². The molecule has 0 N–H and O–H groups in total. The van der Waals surface area contributed by atoms with E-state index in [0.717, 1.165) is 5.56 Å². The van der Waals surface area contributed by atoms with Crippen molar-refractivity contribution in [3.63, 3.8) is 0 Å². The fourth-order valence-electron chi connectivity index (χ4n) is 1.52. The first-order chi connectivity index (χ1) is 8.29. The van der Waals surface area contributed by atoms with Gasteiger partial charge in [-0.3, -0.25) is 4.18 Å². The lowest BCUT2D eigenvalue weighted by Gasteiger charge is -2.19. The molecule has 1 aromatic rings. The first-order valence-corrected chi connectivity index (χ1v) is 7.31. The lowest BCUT2D eigenvalue weighted by molar-refractivity contribution is 0.266. The van der Waals surface area contributed by atoms with Gasteiger partial charge in [-0.05, 0) is 23.1 Å². The molecule has 1 unspecified atom stereocenters. The Morgan fingerprint density at radius 3 is 2.28 bits per heavy atom. The number of hydrogen-bond acceptors (Lipinski definition) is 4. The molecule has 1 aromatic carbocycles. The predicted molar refractivity (Wildman–Crippen MR) is 68.0 cm³/mol. The van der Waals surface area contributed by atoms with Gasteiger partial charge in [0, 0.05) is 0 Å². The number of benzene rings is 1. The van der Waals surface area contributed by atoms with E-state index in [1.54, 1.807) is 12.1 Å². The Kier molecular flexibility index (Phi) is 3.49. The van der Waals surface area contributed by atoms with Crippen LogP contribution in [0.2, 0.25) is 0 Å². The maximum absolute atomic E-state index is 11.8. The molecule has 1 saturated heterocycles. The Hall–Kier alpha value is -0.910. The Morgan fingerprint density at radius 2 is 1.83 bits per heavy atom. The van der Waals surface area contributed by atoms with E-state index in [1.807, 2.05) is 12.1 Å². The van der Waals surface area contributed by atoms with Crippen molar-refractivity contribution < 1.29 is 17.3 Å². The average molecular weight is 270 g/mol. The molecule has 0 amide bonds. The van der Waals surface area contributed by atoms with E-state index in [4.69, 9.17) is 8.92 Å². The van der Waals surface area contributed by atoms with E-state index in [0.29, 0.717) is 6.61 Å². The number of epoxide rings is 1. The van der Waals surface area contributed by atoms with Crippen LogP contribution >= 0.6 is 0 Å². The quantitative estimate of drug-likeness (QED) is 0.621. The van der Waals surface area contributed by atoms with Crippen molar-refractivity contribution >= 4 is 10.1 Å². The first kappa shape index (κ1) is 13.5. The minimum absolute atomic E-state index is 0.00496. The Morgan fingerprint density at radius 1 is 1.28 bits per heavy atom. The molecule has 0 spiro atoms. The van der Waals surface area contributed by atoms with Crippen molar-refractivity contribution in [2.24, 2.45) is 0 Å². The number of rotatable bonds is 4. The lowest BCUT2D eigenvalue weighted by Crippen LogP contribution is -2.13. The molecule has 18 heavy (non-hydrogen) atoms. The molecule has 1 heterocycles. The normalized spacial score (nSPS) is 19.8. The van der Waals surface area contributed by atoms with Gasteiger partial charge in [0.15, 0.2) is 0 Å². The fourth-order valence-corrected chi connectivity index (χ4v) is 2.46. The first-order valence-electron chi connectivity index (χ1n) is 5.91. The molecule has 100 valence electrons. The van der Waals surface area contributed by atoms with Crippen LogP contribution in [0.25, 0.3) is 0 Å². The molecule has 0 bridgehead atoms. The third kappa shape index (κ3) is 3.31. The van der Waals surface area contributed by atoms with E-state index < -0.39 is 10.1 Å². The second-order valence-corrected chi connectivity index (χ2v) is 7.08. The monoisotopic (exact) mass is 270 g/mol. The van der Waals surface area contributed by atoms with E-state index in [-0.39, 0.29) is 23.0 Å². The highest BCUT2D eigenvalue weighted by Crippen LogP contribution is 2.24. The van der Waals surface area contributed by atoms with Crippen LogP contribution in [0.3, 0.4) is 0 Å². The van der Waals surface area contributed by atoms with Crippen molar-refractivity contribution in [1.29, 1.82) is 0 Å². The minimum atomic E-state index is -3.66. The van der Waals surface area contributed by atoms with Crippen molar-refractivity contribution in [3.05, 3.63) is 29.8 Å². The Labute approximate surface area is 108 Å². The second kappa shape index (κ2) is 4.64. The van der Waals surface area contributed by atoms with Gasteiger partial charge in [0.05, 0.1) is 18.1 Å². The highest BCUT2D eigenvalue weighted by molar-refractivity contribution is 7.86. The maximum Gasteiger partial charge on any atom is 0.297 e. The second-order valence-electron chi connectivity index (χ2n) is 5.47. The summed E-state index contributed by atoms with van der Waals surface area (Å²) >= 11 is 0. The molecule has 1 atom stereocenters. The van der Waals surface area contributed by atoms with Crippen LogP contribution in [0, 0.1) is 0 Å². The van der Waals surface area contributed by atoms with Crippen molar-refractivity contribution in [3.8, 4) is 0 Å². The summed E-state index contributed by atoms with van der Waals surface area (Å²) < 4.78 is 33.5. The molecule has 4 nitrogen and oxygen atoms in total. The highest BCUT2D eigenvalue weighted by atomic mass is 32.2. The largest absolute Gasteiger partial charge is 0.371 e. The van der Waals surface area contributed by atoms with Crippen LogP contribution in [0.1, 0.15) is 26.3 Å². The summed E-state index contributed by atoms with van der Waals surface area (Å²) in [6, 6.07) is 6.82. The standard InChI is InChI=1S/C13H18O4S/c1-13(2,3)10-4-6-12(7-5-10)18(14,15)17-9-11-8-16-11/h4-7,11H,8-9H2,1-3H3. The molecule has 1 aliphatic rings. The van der Waals surface area contributed by atoms with Gasteiger partial charge in [-0.1, -0.05) is 32.9 Å². The number of hydrogen-bond donors (Lipinski definition) is 0. The van der Waals surface area contributed by atoms with Crippen molar-refractivity contribution in [2.75, 3.05) is 13.2 Å². The van der Waals surface area contributed by atoms with Crippen molar-refractivity contribution in [2.45, 2.75) is 37.2 Å². The van der Waals surface area contributed by atoms with Gasteiger partial charge in [0.2, 0.25) is 0 Å². The van der Waals surface area contributed by atoms with Gasteiger partial charge in [-0.2, -0.15) is 8.42 Å². The van der Waals surface area contributed by atoms with Gasteiger partial charge in [-0.15, -0.1) is 0 Å². The summed E-state index contributed by atoms with van der Waals surface area (Å²) in [6.07, 6.45) is -0.0615. The van der Waals surface area contributed by atoms with Gasteiger partial charge in [-0.25, -0.2) is 0 Å². The molecule has 0 aliphatic carbocycles. The van der Waals surface area contributed by atoms with Gasteiger partial charge in [0.25, 0.3) is 10.1 Å². The van der Waals surface area contributed by atoms with E-state index in [9.17, 15) is 8.42 Å². The molecule has 1 aliphatic heterocycles. The molecular weight excluding hydrogens is 252 g/mol. The zero-order valence-electron chi connectivity index (χ0n) is 10.8. The minimum Gasteiger partial charge on any atom is -0.371 e. The third-order valence-electron chi connectivity index (χ3n) is 2.82. The molecule has 0 aromatic heterocycles. The topological polar surface area (TPSA) is 55.9 Å². The number of ether oxygens (including phenoxy) is 1. The lowest BCUT2D eigenvalue weighted by atomic mass is 9.87. The molecule has 2 rings (SSSR count). The predicted octanol–water partition coefficient (Wildman–Crippen LogP) is 2.09. The summed E-state index contributed by atoms with van der Waals surface area (Å²) in [5, 5.41) is 0. The van der Waals surface area contributed by atoms with Gasteiger partial charge in [0.1, 0.15) is 6.10 Å². The molecule has 5 heteroatoms. The van der Waals surface area contributed by atoms with E-state index in [2.05, 4.69) is 20.8 Å². The SMILES string of the molecule is CC(C)(C)c1ccc(S(=O)(=O)OCC2CO2)cc1. The zero-order valence-corrected chi connectivity index (χ0v) is 11.7. The molecule has 0 radical (unpaired) electrons. The smallest absolute Gasteiger partial charge is 0.297 e. The maximum atomic E-state index is 11.8. The fraction of sp³-hybridized carbons (Fsp3) is 0.538. The molecular formula is C13H18O4S. The van der Waals surface area contributed by atoms with E-state index >= 15 is 0 Å². The third-order valence-corrected chi connectivity index (χ3v) is 4.12. The molecule has 1 fully saturated rings. The summed E-state index contributed by atoms with van der Waals surface area (Å²) in [6.45, 7) is 6.92. The van der Waals surface area contributed by atoms with Crippen LogP contribution in [0.15, 0.2) is 29.2 Å². The summed E-state index contributed by atoms with van der Waals surface area (Å²) in [7, 11) is -3.66. The zero-order chi connectivity index (χ0) is 13.4. The average Bonchev–Trinajstić information content (AvgIpc) is 3.09. The summed E-state index contributed by atoms with van der Waals surface area (Å²) in [5.74, 6) is 0. The Balaban J connectivity index is 2.12. The highest BCUT2D eigenvalue weighted by Gasteiger charge is 2.26. The van der Waals surface area contributed by atoms with Crippen LogP contribution in [-0.2, 0) is 24.5 Å². The van der Waals surface area contributed by atoms with Gasteiger partial charge < -0.3 is 4.74 Å². The van der Waals surface area contributed by atoms with Gasteiger partial charge >= 0.3 is 0 Å². The molecule has 0 saturated carbocycles. The van der Waals surface area contributed by atoms with Crippen molar-refractivity contribution in [1.82, 2.24) is 0 Å². The Bertz CT molecular complexity index is 507. The summed E-state index contributed by atoms with van der Waals surface area (Å²) in [4.78, 5) is 0.191. The summed E-state index contributed by atoms with van der Waals surface area (Å²) in [5.41, 5.74) is 1.09. The van der Waals surface area contributed by atoms with Crippen LogP contribution in [0.4, 0.5) is 0 Å². The van der Waals surface area contributed by atoms with Crippen LogP contribution in [0.5, 0.6) is 0 Å².